The Bertz CT molecular complexity index is 415. The van der Waals surface area contributed by atoms with Gasteiger partial charge in [0.2, 0.25) is 0 Å². The van der Waals surface area contributed by atoms with Crippen molar-refractivity contribution in [2.24, 2.45) is 0 Å². The molecule has 0 aliphatic carbocycles. The van der Waals surface area contributed by atoms with Gasteiger partial charge < -0.3 is 19.5 Å². The van der Waals surface area contributed by atoms with Crippen LogP contribution in [0.25, 0.3) is 0 Å². The predicted octanol–water partition coefficient (Wildman–Crippen LogP) is 4.25. The highest BCUT2D eigenvalue weighted by molar-refractivity contribution is 4.86. The fraction of sp³-hybridized carbons (Fsp3) is 0.909. The lowest BCUT2D eigenvalue weighted by atomic mass is 10.2. The molecule has 7 heteroatoms. The molecule has 0 spiro atoms. The number of aryl methyl sites for hydroxylation is 1. The van der Waals surface area contributed by atoms with Gasteiger partial charge in [0.25, 0.3) is 0 Å². The fourth-order valence-electron chi connectivity index (χ4n) is 2.28. The average Bonchev–Trinajstić information content (AvgIpc) is 3.15. The van der Waals surface area contributed by atoms with E-state index in [2.05, 4.69) is 29.5 Å². The summed E-state index contributed by atoms with van der Waals surface area (Å²) in [5, 5.41) is 11.3. The van der Waals surface area contributed by atoms with Crippen LogP contribution in [0, 0.1) is 6.92 Å². The van der Waals surface area contributed by atoms with Gasteiger partial charge in [-0.1, -0.05) is 45.7 Å². The summed E-state index contributed by atoms with van der Waals surface area (Å²) in [6.45, 7) is 20.3. The number of hydrogen-bond donors (Lipinski definition) is 1. The SMILES string of the molecule is CC.CC.Cc1cn(CCOCCOCCNCCCCCCOC(C)C)nn1. The summed E-state index contributed by atoms with van der Waals surface area (Å²) >= 11 is 0. The van der Waals surface area contributed by atoms with Crippen molar-refractivity contribution in [3.8, 4) is 0 Å². The molecule has 7 nitrogen and oxygen atoms in total. The standard InChI is InChI=1S/C18H36N4O3.2C2H6/c1-17(2)25-11-7-5-4-6-8-19-9-12-23-14-15-24-13-10-22-16-18(3)20-21-22;2*1-2/h16-17,19H,4-15H2,1-3H3;2*1-2H3. The van der Waals surface area contributed by atoms with Crippen molar-refractivity contribution < 1.29 is 14.2 Å². The van der Waals surface area contributed by atoms with Gasteiger partial charge in [-0.3, -0.25) is 0 Å². The van der Waals surface area contributed by atoms with E-state index in [0.29, 0.717) is 25.9 Å². The zero-order chi connectivity index (χ0) is 22.2. The molecule has 1 N–H and O–H groups in total. The van der Waals surface area contributed by atoms with E-state index in [1.165, 1.54) is 19.3 Å². The molecular weight excluding hydrogens is 368 g/mol. The predicted molar refractivity (Wildman–Crippen MR) is 122 cm³/mol. The molecule has 1 aromatic rings. The average molecular weight is 417 g/mol. The second-order valence-corrected chi connectivity index (χ2v) is 6.43. The molecule has 1 heterocycles. The third-order valence-corrected chi connectivity index (χ3v) is 3.61. The molecule has 0 aliphatic heterocycles. The van der Waals surface area contributed by atoms with Gasteiger partial charge in [-0.2, -0.15) is 0 Å². The number of ether oxygens (including phenoxy) is 3. The van der Waals surface area contributed by atoms with Crippen molar-refractivity contribution in [2.45, 2.75) is 86.8 Å². The first-order chi connectivity index (χ1) is 14.2. The van der Waals surface area contributed by atoms with Gasteiger partial charge >= 0.3 is 0 Å². The van der Waals surface area contributed by atoms with E-state index in [1.807, 2.05) is 40.8 Å². The van der Waals surface area contributed by atoms with Crippen LogP contribution in [-0.2, 0) is 20.8 Å². The van der Waals surface area contributed by atoms with Crippen molar-refractivity contribution in [1.29, 1.82) is 0 Å². The Kier molecular flexibility index (Phi) is 26.0. The van der Waals surface area contributed by atoms with Crippen LogP contribution < -0.4 is 5.32 Å². The molecule has 0 bridgehead atoms. The minimum atomic E-state index is 0.352. The highest BCUT2D eigenvalue weighted by atomic mass is 16.5. The topological polar surface area (TPSA) is 70.4 Å². The number of hydrogen-bond acceptors (Lipinski definition) is 6. The van der Waals surface area contributed by atoms with Gasteiger partial charge in [-0.15, -0.1) is 5.10 Å². The Morgan fingerprint density at radius 3 is 2.14 bits per heavy atom. The lowest BCUT2D eigenvalue weighted by Crippen LogP contribution is -2.22. The molecule has 0 radical (unpaired) electrons. The lowest BCUT2D eigenvalue weighted by molar-refractivity contribution is 0.0449. The number of rotatable bonds is 17. The van der Waals surface area contributed by atoms with Crippen molar-refractivity contribution in [2.75, 3.05) is 46.1 Å². The Labute approximate surface area is 179 Å². The van der Waals surface area contributed by atoms with E-state index >= 15 is 0 Å². The maximum Gasteiger partial charge on any atom is 0.0796 e. The van der Waals surface area contributed by atoms with E-state index in [0.717, 1.165) is 45.0 Å². The summed E-state index contributed by atoms with van der Waals surface area (Å²) in [4.78, 5) is 0. The number of unbranched alkanes of at least 4 members (excludes halogenated alkanes) is 3. The molecule has 0 atom stereocenters. The number of nitrogens with zero attached hydrogens (tertiary/aromatic N) is 3. The monoisotopic (exact) mass is 416 g/mol. The molecule has 29 heavy (non-hydrogen) atoms. The molecule has 0 aliphatic rings. The molecule has 0 unspecified atom stereocenters. The summed E-state index contributed by atoms with van der Waals surface area (Å²) in [6, 6.07) is 0. The van der Waals surface area contributed by atoms with Gasteiger partial charge in [0.15, 0.2) is 0 Å². The van der Waals surface area contributed by atoms with Gasteiger partial charge in [0.05, 0.1) is 44.8 Å². The van der Waals surface area contributed by atoms with Gasteiger partial charge in [0.1, 0.15) is 0 Å². The zero-order valence-electron chi connectivity index (χ0n) is 20.2. The van der Waals surface area contributed by atoms with Crippen LogP contribution in [0.15, 0.2) is 6.20 Å². The molecule has 174 valence electrons. The summed E-state index contributed by atoms with van der Waals surface area (Å²) < 4.78 is 18.4. The molecule has 0 saturated heterocycles. The first kappa shape index (κ1) is 30.2. The molecule has 1 rings (SSSR count). The second kappa shape index (κ2) is 25.0. The van der Waals surface area contributed by atoms with Crippen molar-refractivity contribution in [3.63, 3.8) is 0 Å². The lowest BCUT2D eigenvalue weighted by Gasteiger charge is -2.08. The smallest absolute Gasteiger partial charge is 0.0796 e. The van der Waals surface area contributed by atoms with Crippen molar-refractivity contribution in [1.82, 2.24) is 20.3 Å². The maximum absolute atomic E-state index is 5.53. The second-order valence-electron chi connectivity index (χ2n) is 6.43. The minimum Gasteiger partial charge on any atom is -0.379 e. The Morgan fingerprint density at radius 1 is 0.862 bits per heavy atom. The van der Waals surface area contributed by atoms with E-state index in [1.54, 1.807) is 4.68 Å². The van der Waals surface area contributed by atoms with Gasteiger partial charge in [-0.05, 0) is 40.2 Å². The van der Waals surface area contributed by atoms with E-state index in [9.17, 15) is 0 Å². The van der Waals surface area contributed by atoms with Gasteiger partial charge in [0, 0.05) is 19.3 Å². The van der Waals surface area contributed by atoms with Crippen LogP contribution >= 0.6 is 0 Å². The summed E-state index contributed by atoms with van der Waals surface area (Å²) in [6.07, 6.45) is 7.14. The van der Waals surface area contributed by atoms with Crippen LogP contribution in [0.1, 0.15) is 72.9 Å². The third-order valence-electron chi connectivity index (χ3n) is 3.61. The van der Waals surface area contributed by atoms with Crippen molar-refractivity contribution >= 4 is 0 Å². The van der Waals surface area contributed by atoms with E-state index in [-0.39, 0.29) is 0 Å². The molecule has 1 aromatic heterocycles. The first-order valence-corrected chi connectivity index (χ1v) is 11.5. The van der Waals surface area contributed by atoms with Crippen LogP contribution in [0.4, 0.5) is 0 Å². The number of aromatic nitrogens is 3. The molecule has 0 aromatic carbocycles. The third kappa shape index (κ3) is 23.1. The highest BCUT2D eigenvalue weighted by Gasteiger charge is 1.96. The fourth-order valence-corrected chi connectivity index (χ4v) is 2.28. The Hall–Kier alpha value is -1.02. The minimum absolute atomic E-state index is 0.352. The van der Waals surface area contributed by atoms with Crippen LogP contribution in [-0.4, -0.2) is 67.2 Å². The number of nitrogens with one attached hydrogen (secondary N) is 1. The first-order valence-electron chi connectivity index (χ1n) is 11.5. The summed E-state index contributed by atoms with van der Waals surface area (Å²) in [7, 11) is 0. The van der Waals surface area contributed by atoms with Crippen LogP contribution in [0.3, 0.4) is 0 Å². The Balaban J connectivity index is 0. The normalized spacial score (nSPS) is 10.3. The van der Waals surface area contributed by atoms with Crippen LogP contribution in [0.5, 0.6) is 0 Å². The largest absolute Gasteiger partial charge is 0.379 e. The van der Waals surface area contributed by atoms with Gasteiger partial charge in [-0.25, -0.2) is 4.68 Å². The van der Waals surface area contributed by atoms with Crippen LogP contribution in [0.2, 0.25) is 0 Å². The van der Waals surface area contributed by atoms with E-state index in [4.69, 9.17) is 14.2 Å². The summed E-state index contributed by atoms with van der Waals surface area (Å²) in [5.74, 6) is 0. The molecule has 0 fully saturated rings. The maximum atomic E-state index is 5.53. The molecule has 0 amide bonds. The van der Waals surface area contributed by atoms with E-state index < -0.39 is 0 Å². The molecular formula is C22H48N4O3. The highest BCUT2D eigenvalue weighted by Crippen LogP contribution is 2.00. The zero-order valence-corrected chi connectivity index (χ0v) is 20.2. The summed E-state index contributed by atoms with van der Waals surface area (Å²) in [5.41, 5.74) is 0.927. The molecule has 0 saturated carbocycles. The van der Waals surface area contributed by atoms with Crippen molar-refractivity contribution in [3.05, 3.63) is 11.9 Å². The Morgan fingerprint density at radius 2 is 1.52 bits per heavy atom. The quantitative estimate of drug-likeness (QED) is 0.383.